The molecule has 237 valence electrons. The highest BCUT2D eigenvalue weighted by Gasteiger charge is 2.36. The lowest BCUT2D eigenvalue weighted by atomic mass is 9.80. The summed E-state index contributed by atoms with van der Waals surface area (Å²) in [6.45, 7) is 13.9. The van der Waals surface area contributed by atoms with Gasteiger partial charge in [0.15, 0.2) is 0 Å². The van der Waals surface area contributed by atoms with Crippen LogP contribution in [0.2, 0.25) is 0 Å². The predicted octanol–water partition coefficient (Wildman–Crippen LogP) is 3.79. The quantitative estimate of drug-likeness (QED) is 0.191. The third-order valence-corrected chi connectivity index (χ3v) is 6.16. The number of carboxylic acids is 2. The smallest absolute Gasteiger partial charge is 0.334 e. The number of β-amino-alcohol motifs (C(OH)–C–C–N with tert-alkyl or cyclic N) is 1. The average Bonchev–Trinajstić information content (AvgIpc) is 2.90. The first kappa shape index (κ1) is 39.0. The molecule has 0 saturated heterocycles. The Bertz CT molecular complexity index is 1280. The number of allylic oxidation sites excluding steroid dienone is 2. The van der Waals surface area contributed by atoms with Gasteiger partial charge in [-0.15, -0.1) is 12.4 Å². The normalized spacial score (nSPS) is 13.8. The number of halogens is 1. The summed E-state index contributed by atoms with van der Waals surface area (Å²) in [4.78, 5) is 33.5. The highest BCUT2D eigenvalue weighted by atomic mass is 35.5. The molecule has 1 radical (unpaired) electrons. The summed E-state index contributed by atoms with van der Waals surface area (Å²) >= 11 is 0. The molecule has 3 rings (SSSR count). The minimum Gasteiger partial charge on any atom is -0.491 e. The number of nitro groups is 1. The molecule has 0 amide bonds. The molecule has 1 heterocycles. The number of nitrogens with one attached hydrogen (secondary N) is 2. The largest absolute Gasteiger partial charge is 0.491 e. The van der Waals surface area contributed by atoms with Crippen molar-refractivity contribution in [1.82, 2.24) is 10.6 Å². The number of hydrogen-bond acceptors (Lipinski definition) is 8. The highest BCUT2D eigenvalue weighted by molar-refractivity contribution is 5.98. The number of aliphatic hydroxyl groups excluding tert-OH is 1. The number of rotatable bonds is 10. The number of nitrogens with zero attached hydrogens (tertiary/aromatic N) is 1. The lowest BCUT2D eigenvalue weighted by Gasteiger charge is -2.28. The molecule has 1 aliphatic heterocycles. The van der Waals surface area contributed by atoms with Crippen LogP contribution in [-0.2, 0) is 16.0 Å². The van der Waals surface area contributed by atoms with E-state index < -0.39 is 28.9 Å². The Morgan fingerprint density at radius 3 is 2.05 bits per heavy atom. The van der Waals surface area contributed by atoms with Gasteiger partial charge >= 0.3 is 11.9 Å². The minimum absolute atomic E-state index is 0. The Morgan fingerprint density at radius 2 is 1.60 bits per heavy atom. The summed E-state index contributed by atoms with van der Waals surface area (Å²) in [5.41, 5.74) is 1.52. The molecule has 0 saturated carbocycles. The van der Waals surface area contributed by atoms with Gasteiger partial charge in [-0.05, 0) is 71.2 Å². The molecule has 2 aromatic carbocycles. The summed E-state index contributed by atoms with van der Waals surface area (Å²) in [6.07, 6.45) is 0.273. The first-order chi connectivity index (χ1) is 19.1. The summed E-state index contributed by atoms with van der Waals surface area (Å²) in [5.74, 6) is -2.87. The molecule has 7 N–H and O–H groups in total. The van der Waals surface area contributed by atoms with Gasteiger partial charge in [0.25, 0.3) is 5.69 Å². The van der Waals surface area contributed by atoms with E-state index in [2.05, 4.69) is 38.3 Å². The van der Waals surface area contributed by atoms with Crippen LogP contribution in [0.3, 0.4) is 0 Å². The Morgan fingerprint density at radius 1 is 1.07 bits per heavy atom. The maximum absolute atomic E-state index is 11.6. The predicted molar refractivity (Wildman–Crippen MR) is 165 cm³/mol. The van der Waals surface area contributed by atoms with Gasteiger partial charge in [-0.2, -0.15) is 0 Å². The fourth-order valence-corrected chi connectivity index (χ4v) is 4.14. The Kier molecular flexibility index (Phi) is 15.6. The summed E-state index contributed by atoms with van der Waals surface area (Å²) in [6, 6.07) is 13.1. The number of non-ortho nitro benzene ring substituents is 1. The van der Waals surface area contributed by atoms with Crippen molar-refractivity contribution in [2.75, 3.05) is 13.2 Å². The van der Waals surface area contributed by atoms with Crippen LogP contribution in [0, 0.1) is 17.0 Å². The summed E-state index contributed by atoms with van der Waals surface area (Å²) < 4.78 is 5.52. The van der Waals surface area contributed by atoms with E-state index in [0.717, 1.165) is 12.2 Å². The second-order valence-corrected chi connectivity index (χ2v) is 10.6. The molecule has 43 heavy (non-hydrogen) atoms. The number of hydrogen-bond donors (Lipinski definition) is 5. The zero-order valence-electron chi connectivity index (χ0n) is 24.8. The third-order valence-electron chi connectivity index (χ3n) is 6.16. The van der Waals surface area contributed by atoms with Crippen LogP contribution in [-0.4, -0.2) is 62.5 Å². The fraction of sp³-hybridized carbons (Fsp3) is 0.367. The topological polar surface area (TPSA) is 203 Å². The van der Waals surface area contributed by atoms with Crippen LogP contribution < -0.4 is 15.4 Å². The van der Waals surface area contributed by atoms with E-state index in [1.54, 1.807) is 0 Å². The number of nitro benzene ring substituents is 1. The Labute approximate surface area is 257 Å². The zero-order chi connectivity index (χ0) is 30.9. The van der Waals surface area contributed by atoms with E-state index >= 15 is 0 Å². The van der Waals surface area contributed by atoms with Gasteiger partial charge in [0.1, 0.15) is 18.5 Å². The number of carbonyl (C=O) groups is 2. The van der Waals surface area contributed by atoms with E-state index in [-0.39, 0.29) is 45.8 Å². The highest BCUT2D eigenvalue weighted by Crippen LogP contribution is 2.39. The van der Waals surface area contributed by atoms with E-state index in [1.165, 1.54) is 43.7 Å². The van der Waals surface area contributed by atoms with Gasteiger partial charge in [0.05, 0.1) is 22.0 Å². The first-order valence-electron chi connectivity index (χ1n) is 13.0. The van der Waals surface area contributed by atoms with Crippen LogP contribution in [0.1, 0.15) is 51.7 Å². The Hall–Kier alpha value is -3.97. The molecule has 0 bridgehead atoms. The average molecular weight is 623 g/mol. The number of ether oxygens (including phenoxy) is 1. The number of aliphatic carboxylic acids is 2. The van der Waals surface area contributed by atoms with Crippen LogP contribution in [0.15, 0.2) is 71.1 Å². The maximum Gasteiger partial charge on any atom is 0.334 e. The molecule has 2 aromatic rings. The minimum atomic E-state index is -1.28. The van der Waals surface area contributed by atoms with Gasteiger partial charge < -0.3 is 36.2 Å². The van der Waals surface area contributed by atoms with Crippen molar-refractivity contribution in [3.05, 3.63) is 99.2 Å². The van der Waals surface area contributed by atoms with Gasteiger partial charge in [0, 0.05) is 35.6 Å². The standard InChI is InChI=1S/C15H14N2O6.C15H24NO2.ClH.H2O/c1-7-11(14(18)19)13(12(15(20)21)8(2)16-7)9-4-3-5-10(6-9)17(22)23;1-5-12-6-8-14(9-7-12)18-11-13(17)10-16-15(2,3)4;;/h3-6,13,16H,1-2H3,(H,18,19)(H,20,21);6-9,13,16-17H,1,5,10-11H2,2-4H3;1H;1H2. The van der Waals surface area contributed by atoms with E-state index in [1.807, 2.05) is 24.3 Å². The van der Waals surface area contributed by atoms with E-state index in [9.17, 15) is 35.0 Å². The van der Waals surface area contributed by atoms with Crippen LogP contribution in [0.25, 0.3) is 0 Å². The summed E-state index contributed by atoms with van der Waals surface area (Å²) in [7, 11) is 0. The van der Waals surface area contributed by atoms with Crippen molar-refractivity contribution in [3.8, 4) is 5.75 Å². The molecule has 0 fully saturated rings. The van der Waals surface area contributed by atoms with Crippen molar-refractivity contribution in [3.63, 3.8) is 0 Å². The van der Waals surface area contributed by atoms with Crippen molar-refractivity contribution < 1.29 is 40.0 Å². The van der Waals surface area contributed by atoms with Crippen molar-refractivity contribution >= 4 is 30.0 Å². The summed E-state index contributed by atoms with van der Waals surface area (Å²) in [5, 5.41) is 45.6. The molecular formula is C30H41ClN3O9. The molecule has 0 aromatic heterocycles. The van der Waals surface area contributed by atoms with E-state index in [0.29, 0.717) is 24.5 Å². The van der Waals surface area contributed by atoms with Crippen molar-refractivity contribution in [2.24, 2.45) is 0 Å². The Balaban J connectivity index is 0.000000806. The lowest BCUT2D eigenvalue weighted by Crippen LogP contribution is -2.42. The maximum atomic E-state index is 11.6. The number of carboxylic acid groups (broad SMARTS) is 2. The van der Waals surface area contributed by atoms with E-state index in [4.69, 9.17) is 4.74 Å². The fourth-order valence-electron chi connectivity index (χ4n) is 4.14. The molecular weight excluding hydrogens is 582 g/mol. The van der Waals surface area contributed by atoms with Crippen molar-refractivity contribution in [1.29, 1.82) is 0 Å². The second-order valence-electron chi connectivity index (χ2n) is 10.6. The molecule has 0 spiro atoms. The molecule has 13 heteroatoms. The third kappa shape index (κ3) is 11.7. The number of benzene rings is 2. The van der Waals surface area contributed by atoms with Gasteiger partial charge in [-0.25, -0.2) is 9.59 Å². The first-order valence-corrected chi connectivity index (χ1v) is 13.0. The van der Waals surface area contributed by atoms with Crippen molar-refractivity contribution in [2.45, 2.75) is 58.6 Å². The van der Waals surface area contributed by atoms with Gasteiger partial charge in [0.2, 0.25) is 0 Å². The van der Waals surface area contributed by atoms with Gasteiger partial charge in [-0.3, -0.25) is 10.1 Å². The van der Waals surface area contributed by atoms with Crippen LogP contribution in [0.4, 0.5) is 5.69 Å². The lowest BCUT2D eigenvalue weighted by molar-refractivity contribution is -0.384. The molecule has 1 aliphatic rings. The zero-order valence-corrected chi connectivity index (χ0v) is 25.7. The molecule has 1 atom stereocenters. The number of aliphatic hydroxyl groups is 1. The molecule has 1 unspecified atom stereocenters. The molecule has 0 aliphatic carbocycles. The van der Waals surface area contributed by atoms with Gasteiger partial charge in [-0.1, -0.05) is 24.3 Å². The number of dihydropyridines is 1. The molecule has 12 nitrogen and oxygen atoms in total. The van der Waals surface area contributed by atoms with Crippen LogP contribution in [0.5, 0.6) is 5.75 Å². The SMILES string of the molecule is CC1=C(C(=O)O)C(c2cccc([N+](=O)[O-])c2)C(C(=O)O)=C(C)N1.Cl.O.[CH2]Cc1ccc(OCC(O)CNC(C)(C)C)cc1. The monoisotopic (exact) mass is 622 g/mol. The van der Waals surface area contributed by atoms with Crippen LogP contribution >= 0.6 is 12.4 Å². The second kappa shape index (κ2) is 17.2.